The van der Waals surface area contributed by atoms with Crippen LogP contribution in [-0.2, 0) is 14.3 Å². The van der Waals surface area contributed by atoms with Gasteiger partial charge in [0, 0.05) is 0 Å². The monoisotopic (exact) mass is 258 g/mol. The van der Waals surface area contributed by atoms with E-state index in [4.69, 9.17) is 4.74 Å². The Bertz CT molecular complexity index is 250. The van der Waals surface area contributed by atoms with Crippen molar-refractivity contribution in [2.24, 2.45) is 11.8 Å². The third-order valence-electron chi connectivity index (χ3n) is 3.13. The van der Waals surface area contributed by atoms with Crippen LogP contribution in [0.3, 0.4) is 0 Å². The van der Waals surface area contributed by atoms with Crippen LogP contribution in [0.4, 0.5) is 0 Å². The van der Waals surface area contributed by atoms with E-state index in [1.54, 1.807) is 6.92 Å². The molecule has 0 bridgehead atoms. The van der Waals surface area contributed by atoms with Gasteiger partial charge >= 0.3 is 11.9 Å². The first kappa shape index (κ1) is 16.9. The van der Waals surface area contributed by atoms with Crippen molar-refractivity contribution in [1.82, 2.24) is 0 Å². The van der Waals surface area contributed by atoms with Crippen LogP contribution >= 0.6 is 0 Å². The van der Waals surface area contributed by atoms with E-state index in [1.807, 2.05) is 13.8 Å². The maximum Gasteiger partial charge on any atom is 0.309 e. The first-order chi connectivity index (χ1) is 8.58. The first-order valence-electron chi connectivity index (χ1n) is 6.97. The number of hydrogen-bond acceptors (Lipinski definition) is 3. The molecule has 0 radical (unpaired) electrons. The van der Waals surface area contributed by atoms with Gasteiger partial charge < -0.3 is 9.84 Å². The van der Waals surface area contributed by atoms with E-state index in [1.165, 1.54) is 0 Å². The molecule has 2 atom stereocenters. The molecule has 0 aromatic carbocycles. The van der Waals surface area contributed by atoms with Crippen LogP contribution in [0.5, 0.6) is 0 Å². The van der Waals surface area contributed by atoms with Gasteiger partial charge in [0.1, 0.15) is 0 Å². The van der Waals surface area contributed by atoms with Crippen LogP contribution in [0.15, 0.2) is 0 Å². The van der Waals surface area contributed by atoms with E-state index in [2.05, 4.69) is 0 Å². The molecule has 0 rings (SSSR count). The highest BCUT2D eigenvalue weighted by Gasteiger charge is 2.33. The number of unbranched alkanes of at least 4 members (excludes halogenated alkanes) is 2. The summed E-state index contributed by atoms with van der Waals surface area (Å²) in [4.78, 5) is 23.2. The summed E-state index contributed by atoms with van der Waals surface area (Å²) in [6.45, 7) is 6.10. The zero-order valence-corrected chi connectivity index (χ0v) is 11.8. The number of carbonyl (C=O) groups is 2. The molecule has 0 aliphatic rings. The van der Waals surface area contributed by atoms with Crippen molar-refractivity contribution in [2.45, 2.75) is 59.3 Å². The Hall–Kier alpha value is -1.06. The van der Waals surface area contributed by atoms with Gasteiger partial charge in [-0.2, -0.15) is 0 Å². The number of hydrogen-bond donors (Lipinski definition) is 1. The minimum atomic E-state index is -0.877. The van der Waals surface area contributed by atoms with Gasteiger partial charge in [-0.15, -0.1) is 0 Å². The third-order valence-corrected chi connectivity index (χ3v) is 3.13. The van der Waals surface area contributed by atoms with Crippen molar-refractivity contribution >= 4 is 11.9 Å². The maximum absolute atomic E-state index is 11.9. The Morgan fingerprint density at radius 3 is 1.89 bits per heavy atom. The van der Waals surface area contributed by atoms with Gasteiger partial charge in [0.15, 0.2) is 0 Å². The third kappa shape index (κ3) is 6.03. The van der Waals surface area contributed by atoms with Crippen LogP contribution in [-0.4, -0.2) is 23.7 Å². The minimum absolute atomic E-state index is 0.307. The van der Waals surface area contributed by atoms with Crippen LogP contribution in [0.25, 0.3) is 0 Å². The molecule has 0 aliphatic heterocycles. The molecular weight excluding hydrogens is 232 g/mol. The summed E-state index contributed by atoms with van der Waals surface area (Å²) in [5, 5.41) is 9.28. The summed E-state index contributed by atoms with van der Waals surface area (Å²) in [5.41, 5.74) is 0. The molecule has 0 aromatic rings. The minimum Gasteiger partial charge on any atom is -0.481 e. The summed E-state index contributed by atoms with van der Waals surface area (Å²) in [7, 11) is 0. The second kappa shape index (κ2) is 9.92. The lowest BCUT2D eigenvalue weighted by Gasteiger charge is -2.22. The number of rotatable bonds is 10. The summed E-state index contributed by atoms with van der Waals surface area (Å²) in [6, 6.07) is 0. The van der Waals surface area contributed by atoms with Crippen molar-refractivity contribution in [3.63, 3.8) is 0 Å². The second-order valence-electron chi connectivity index (χ2n) is 4.59. The van der Waals surface area contributed by atoms with E-state index < -0.39 is 17.8 Å². The summed E-state index contributed by atoms with van der Waals surface area (Å²) < 4.78 is 5.01. The summed E-state index contributed by atoms with van der Waals surface area (Å²) in [6.07, 6.45) is 4.75. The second-order valence-corrected chi connectivity index (χ2v) is 4.59. The molecule has 106 valence electrons. The zero-order chi connectivity index (χ0) is 14.0. The smallest absolute Gasteiger partial charge is 0.309 e. The number of carbonyl (C=O) groups excluding carboxylic acids is 1. The van der Waals surface area contributed by atoms with E-state index in [0.29, 0.717) is 19.4 Å². The summed E-state index contributed by atoms with van der Waals surface area (Å²) in [5.74, 6) is -2.32. The maximum atomic E-state index is 11.9. The molecule has 0 heterocycles. The van der Waals surface area contributed by atoms with Gasteiger partial charge in [-0.25, -0.2) is 0 Å². The fourth-order valence-electron chi connectivity index (χ4n) is 2.08. The molecule has 18 heavy (non-hydrogen) atoms. The van der Waals surface area contributed by atoms with E-state index >= 15 is 0 Å². The van der Waals surface area contributed by atoms with Gasteiger partial charge in [0.05, 0.1) is 18.4 Å². The number of carboxylic acids is 1. The molecule has 1 N–H and O–H groups in total. The van der Waals surface area contributed by atoms with Crippen molar-refractivity contribution in [3.05, 3.63) is 0 Å². The Balaban J connectivity index is 4.72. The lowest BCUT2D eigenvalue weighted by atomic mass is 9.84. The molecule has 0 saturated heterocycles. The predicted octanol–water partition coefficient (Wildman–Crippen LogP) is 3.25. The first-order valence-corrected chi connectivity index (χ1v) is 6.97. The zero-order valence-electron chi connectivity index (χ0n) is 11.8. The van der Waals surface area contributed by atoms with Crippen molar-refractivity contribution < 1.29 is 19.4 Å². The quantitative estimate of drug-likeness (QED) is 0.611. The van der Waals surface area contributed by atoms with Crippen LogP contribution in [0.1, 0.15) is 59.3 Å². The Kier molecular flexibility index (Phi) is 9.33. The van der Waals surface area contributed by atoms with Crippen LogP contribution in [0, 0.1) is 11.8 Å². The van der Waals surface area contributed by atoms with Gasteiger partial charge in [0.2, 0.25) is 0 Å². The van der Waals surface area contributed by atoms with Crippen LogP contribution in [0.2, 0.25) is 0 Å². The van der Waals surface area contributed by atoms with Gasteiger partial charge in [-0.1, -0.05) is 39.5 Å². The molecule has 0 spiro atoms. The molecular formula is C14H26O4. The van der Waals surface area contributed by atoms with Gasteiger partial charge in [-0.05, 0) is 19.8 Å². The molecule has 4 heteroatoms. The Labute approximate surface area is 110 Å². The number of esters is 1. The molecule has 0 saturated carbocycles. The predicted molar refractivity (Wildman–Crippen MR) is 70.3 cm³/mol. The van der Waals surface area contributed by atoms with Gasteiger partial charge in [-0.3, -0.25) is 9.59 Å². The molecule has 0 unspecified atom stereocenters. The molecule has 0 aliphatic carbocycles. The Morgan fingerprint density at radius 1 is 1.00 bits per heavy atom. The van der Waals surface area contributed by atoms with E-state index in [0.717, 1.165) is 25.7 Å². The standard InChI is InChI=1S/C14H26O4/c1-4-7-9-11(13(15)16)12(10-8-5-2)14(17)18-6-3/h11-12H,4-10H2,1-3H3,(H,15,16)/t11-,12+/m0/s1. The number of ether oxygens (including phenoxy) is 1. The number of carboxylic acid groups (broad SMARTS) is 1. The fourth-order valence-corrected chi connectivity index (χ4v) is 2.08. The topological polar surface area (TPSA) is 63.6 Å². The highest BCUT2D eigenvalue weighted by atomic mass is 16.5. The molecule has 0 aromatic heterocycles. The van der Waals surface area contributed by atoms with Crippen molar-refractivity contribution in [1.29, 1.82) is 0 Å². The van der Waals surface area contributed by atoms with Gasteiger partial charge in [0.25, 0.3) is 0 Å². The average Bonchev–Trinajstić information content (AvgIpc) is 2.33. The largest absolute Gasteiger partial charge is 0.481 e. The fraction of sp³-hybridized carbons (Fsp3) is 0.857. The molecule has 0 amide bonds. The number of aliphatic carboxylic acids is 1. The van der Waals surface area contributed by atoms with E-state index in [9.17, 15) is 14.7 Å². The molecule has 4 nitrogen and oxygen atoms in total. The molecule has 0 fully saturated rings. The van der Waals surface area contributed by atoms with Crippen molar-refractivity contribution in [2.75, 3.05) is 6.61 Å². The Morgan fingerprint density at radius 2 is 1.50 bits per heavy atom. The normalized spacial score (nSPS) is 13.9. The highest BCUT2D eigenvalue weighted by molar-refractivity contribution is 5.81. The lowest BCUT2D eigenvalue weighted by molar-refractivity contribution is -0.158. The average molecular weight is 258 g/mol. The summed E-state index contributed by atoms with van der Waals surface area (Å²) >= 11 is 0. The lowest BCUT2D eigenvalue weighted by Crippen LogP contribution is -2.31. The highest BCUT2D eigenvalue weighted by Crippen LogP contribution is 2.25. The van der Waals surface area contributed by atoms with Crippen molar-refractivity contribution in [3.8, 4) is 0 Å². The van der Waals surface area contributed by atoms with E-state index in [-0.39, 0.29) is 5.97 Å². The van der Waals surface area contributed by atoms with Crippen LogP contribution < -0.4 is 0 Å². The SMILES string of the molecule is CCCC[C@H](C(=O)O)[C@@H](CCCC)C(=O)OCC.